The molecule has 0 radical (unpaired) electrons. The number of rotatable bonds is 5. The summed E-state index contributed by atoms with van der Waals surface area (Å²) in [5.74, 6) is 2.05. The Balaban J connectivity index is 2.34. The molecule has 0 fully saturated rings. The van der Waals surface area contributed by atoms with Gasteiger partial charge in [-0.3, -0.25) is 0 Å². The average Bonchev–Trinajstić information content (AvgIpc) is 2.49. The van der Waals surface area contributed by atoms with E-state index in [9.17, 15) is 0 Å². The summed E-state index contributed by atoms with van der Waals surface area (Å²) in [6.07, 6.45) is 5.92. The Bertz CT molecular complexity index is 592. The van der Waals surface area contributed by atoms with E-state index in [1.165, 1.54) is 11.8 Å². The molecular formula is C15H17N3OS. The highest BCUT2D eigenvalue weighted by molar-refractivity contribution is 7.98. The van der Waals surface area contributed by atoms with Crippen molar-refractivity contribution >= 4 is 23.7 Å². The number of ether oxygens (including phenoxy) is 1. The largest absolute Gasteiger partial charge is 0.438 e. The van der Waals surface area contributed by atoms with E-state index in [2.05, 4.69) is 15.3 Å². The molecule has 0 aliphatic carbocycles. The lowest BCUT2D eigenvalue weighted by atomic mass is 10.2. The summed E-state index contributed by atoms with van der Waals surface area (Å²) in [5.41, 5.74) is 1.02. The van der Waals surface area contributed by atoms with Gasteiger partial charge >= 0.3 is 0 Å². The van der Waals surface area contributed by atoms with Gasteiger partial charge in [-0.05, 0) is 19.2 Å². The summed E-state index contributed by atoms with van der Waals surface area (Å²) in [6, 6.07) is 9.64. The number of benzene rings is 1. The monoisotopic (exact) mass is 287 g/mol. The Morgan fingerprint density at radius 1 is 1.25 bits per heavy atom. The molecule has 1 aromatic heterocycles. The standard InChI is InChI=1S/C15H17N3OS/c1-4-7-11-8-5-6-9-12(11)19-14-10-13(16-2)17-15(18-14)20-3/h4-10H,1-3H3,(H,16,17,18)/b7-4+. The molecule has 1 aromatic carbocycles. The third-order valence-corrected chi connectivity index (χ3v) is 3.15. The molecule has 2 rings (SSSR count). The number of nitrogens with zero attached hydrogens (tertiary/aromatic N) is 2. The highest BCUT2D eigenvalue weighted by atomic mass is 32.2. The molecule has 1 N–H and O–H groups in total. The SMILES string of the molecule is C/C=C/c1ccccc1Oc1cc(NC)nc(SC)n1. The number of hydrogen-bond donors (Lipinski definition) is 1. The van der Waals surface area contributed by atoms with Gasteiger partial charge in [0.1, 0.15) is 11.6 Å². The first kappa shape index (κ1) is 14.4. The van der Waals surface area contributed by atoms with Crippen LogP contribution in [0.1, 0.15) is 12.5 Å². The number of para-hydroxylation sites is 1. The smallest absolute Gasteiger partial charge is 0.225 e. The van der Waals surface area contributed by atoms with Gasteiger partial charge in [0.05, 0.1) is 0 Å². The van der Waals surface area contributed by atoms with E-state index in [-0.39, 0.29) is 0 Å². The lowest BCUT2D eigenvalue weighted by Crippen LogP contribution is -1.98. The molecule has 5 heteroatoms. The van der Waals surface area contributed by atoms with Crippen LogP contribution in [0.5, 0.6) is 11.6 Å². The summed E-state index contributed by atoms with van der Waals surface area (Å²) < 4.78 is 5.89. The van der Waals surface area contributed by atoms with Crippen LogP contribution in [-0.2, 0) is 0 Å². The molecule has 0 aliphatic rings. The molecule has 0 saturated carbocycles. The molecule has 104 valence electrons. The molecule has 0 aliphatic heterocycles. The number of nitrogens with one attached hydrogen (secondary N) is 1. The predicted octanol–water partition coefficient (Wildman–Crippen LogP) is 4.07. The van der Waals surface area contributed by atoms with Gasteiger partial charge < -0.3 is 10.1 Å². The maximum absolute atomic E-state index is 5.89. The van der Waals surface area contributed by atoms with Crippen molar-refractivity contribution in [2.45, 2.75) is 12.1 Å². The molecule has 0 unspecified atom stereocenters. The second-order valence-corrected chi connectivity index (χ2v) is 4.74. The van der Waals surface area contributed by atoms with E-state index >= 15 is 0 Å². The second-order valence-electron chi connectivity index (χ2n) is 3.97. The fourth-order valence-electron chi connectivity index (χ4n) is 1.68. The van der Waals surface area contributed by atoms with Crippen molar-refractivity contribution in [1.29, 1.82) is 0 Å². The second kappa shape index (κ2) is 6.96. The summed E-state index contributed by atoms with van der Waals surface area (Å²) in [6.45, 7) is 1.98. The first-order chi connectivity index (χ1) is 9.76. The van der Waals surface area contributed by atoms with Gasteiger partial charge in [-0.1, -0.05) is 42.1 Å². The van der Waals surface area contributed by atoms with Crippen LogP contribution in [0, 0.1) is 0 Å². The van der Waals surface area contributed by atoms with Crippen molar-refractivity contribution in [2.24, 2.45) is 0 Å². The number of thioether (sulfide) groups is 1. The first-order valence-electron chi connectivity index (χ1n) is 6.27. The molecule has 0 amide bonds. The van der Waals surface area contributed by atoms with E-state index in [0.717, 1.165) is 17.1 Å². The van der Waals surface area contributed by atoms with Gasteiger partial charge in [0.2, 0.25) is 5.88 Å². The number of hydrogen-bond acceptors (Lipinski definition) is 5. The minimum atomic E-state index is 0.533. The van der Waals surface area contributed by atoms with E-state index < -0.39 is 0 Å². The Kier molecular flexibility index (Phi) is 5.01. The Hall–Kier alpha value is -2.01. The maximum atomic E-state index is 5.89. The quantitative estimate of drug-likeness (QED) is 0.663. The van der Waals surface area contributed by atoms with Crippen LogP contribution in [0.15, 0.2) is 41.6 Å². The Morgan fingerprint density at radius 3 is 2.75 bits per heavy atom. The molecule has 20 heavy (non-hydrogen) atoms. The zero-order valence-corrected chi connectivity index (χ0v) is 12.6. The van der Waals surface area contributed by atoms with Crippen LogP contribution in [-0.4, -0.2) is 23.3 Å². The van der Waals surface area contributed by atoms with Crippen molar-refractivity contribution in [1.82, 2.24) is 9.97 Å². The zero-order valence-electron chi connectivity index (χ0n) is 11.8. The molecule has 2 aromatic rings. The number of allylic oxidation sites excluding steroid dienone is 1. The van der Waals surface area contributed by atoms with Gasteiger partial charge in [0.25, 0.3) is 0 Å². The van der Waals surface area contributed by atoms with E-state index in [4.69, 9.17) is 4.74 Å². The van der Waals surface area contributed by atoms with Crippen molar-refractivity contribution in [3.05, 3.63) is 42.0 Å². The normalized spacial score (nSPS) is 10.8. The third kappa shape index (κ3) is 3.51. The van der Waals surface area contributed by atoms with E-state index in [0.29, 0.717) is 11.0 Å². The van der Waals surface area contributed by atoms with Gasteiger partial charge in [-0.25, -0.2) is 4.98 Å². The molecule has 0 saturated heterocycles. The van der Waals surface area contributed by atoms with Gasteiger partial charge in [-0.15, -0.1) is 0 Å². The minimum absolute atomic E-state index is 0.533. The van der Waals surface area contributed by atoms with Crippen molar-refractivity contribution in [3.63, 3.8) is 0 Å². The van der Waals surface area contributed by atoms with Gasteiger partial charge in [0.15, 0.2) is 5.16 Å². The van der Waals surface area contributed by atoms with Gasteiger partial charge in [0, 0.05) is 18.7 Å². The van der Waals surface area contributed by atoms with Crippen LogP contribution in [0.2, 0.25) is 0 Å². The number of aromatic nitrogens is 2. The van der Waals surface area contributed by atoms with Crippen LogP contribution in [0.25, 0.3) is 6.08 Å². The van der Waals surface area contributed by atoms with Crippen LogP contribution >= 0.6 is 11.8 Å². The van der Waals surface area contributed by atoms with Crippen LogP contribution < -0.4 is 10.1 Å². The summed E-state index contributed by atoms with van der Waals surface area (Å²) in [7, 11) is 1.82. The highest BCUT2D eigenvalue weighted by Gasteiger charge is 2.07. The lowest BCUT2D eigenvalue weighted by Gasteiger charge is -2.10. The van der Waals surface area contributed by atoms with Crippen molar-refractivity contribution in [2.75, 3.05) is 18.6 Å². The molecule has 0 atom stereocenters. The minimum Gasteiger partial charge on any atom is -0.438 e. The maximum Gasteiger partial charge on any atom is 0.225 e. The molecule has 0 bridgehead atoms. The first-order valence-corrected chi connectivity index (χ1v) is 7.49. The van der Waals surface area contributed by atoms with E-state index in [1.807, 2.05) is 56.6 Å². The molecule has 4 nitrogen and oxygen atoms in total. The molecule has 0 spiro atoms. The molecule has 1 heterocycles. The van der Waals surface area contributed by atoms with E-state index in [1.54, 1.807) is 6.07 Å². The van der Waals surface area contributed by atoms with Crippen LogP contribution in [0.4, 0.5) is 5.82 Å². The number of anilines is 1. The Labute approximate surface area is 123 Å². The van der Waals surface area contributed by atoms with Crippen molar-refractivity contribution in [3.8, 4) is 11.6 Å². The third-order valence-electron chi connectivity index (χ3n) is 2.60. The highest BCUT2D eigenvalue weighted by Crippen LogP contribution is 2.27. The van der Waals surface area contributed by atoms with Crippen molar-refractivity contribution < 1.29 is 4.74 Å². The zero-order chi connectivity index (χ0) is 14.4. The van der Waals surface area contributed by atoms with Gasteiger partial charge in [-0.2, -0.15) is 4.98 Å². The Morgan fingerprint density at radius 2 is 2.05 bits per heavy atom. The lowest BCUT2D eigenvalue weighted by molar-refractivity contribution is 0.455. The predicted molar refractivity (Wildman–Crippen MR) is 84.6 cm³/mol. The fraction of sp³-hybridized carbons (Fsp3) is 0.200. The summed E-state index contributed by atoms with van der Waals surface area (Å²) in [5, 5.41) is 3.69. The average molecular weight is 287 g/mol. The summed E-state index contributed by atoms with van der Waals surface area (Å²) >= 11 is 1.48. The topological polar surface area (TPSA) is 47.0 Å². The fourth-order valence-corrected chi connectivity index (χ4v) is 2.05. The van der Waals surface area contributed by atoms with Crippen LogP contribution in [0.3, 0.4) is 0 Å². The molecular weight excluding hydrogens is 270 g/mol. The summed E-state index contributed by atoms with van der Waals surface area (Å²) in [4.78, 5) is 8.68.